The zero-order valence-electron chi connectivity index (χ0n) is 12.0. The van der Waals surface area contributed by atoms with Crippen molar-refractivity contribution in [3.05, 3.63) is 59.7 Å². The molecule has 1 unspecified atom stereocenters. The molecule has 0 amide bonds. The van der Waals surface area contributed by atoms with E-state index in [2.05, 4.69) is 30.3 Å². The highest BCUT2D eigenvalue weighted by atomic mass is 32.2. The van der Waals surface area contributed by atoms with E-state index in [4.69, 9.17) is 4.74 Å². The molecule has 0 heterocycles. The van der Waals surface area contributed by atoms with Gasteiger partial charge in [-0.3, -0.25) is 0 Å². The summed E-state index contributed by atoms with van der Waals surface area (Å²) in [5.74, 6) is 1.85. The molecule has 3 rings (SSSR count). The van der Waals surface area contributed by atoms with Crippen molar-refractivity contribution < 1.29 is 9.84 Å². The molecular weight excluding hydrogens is 280 g/mol. The van der Waals surface area contributed by atoms with Gasteiger partial charge in [-0.2, -0.15) is 0 Å². The van der Waals surface area contributed by atoms with Crippen molar-refractivity contribution in [1.82, 2.24) is 0 Å². The third kappa shape index (κ3) is 3.80. The second-order valence-electron chi connectivity index (χ2n) is 5.28. The lowest BCUT2D eigenvalue weighted by molar-refractivity contribution is 0.156. The molecule has 3 heteroatoms. The summed E-state index contributed by atoms with van der Waals surface area (Å²) in [6.45, 7) is 0.695. The van der Waals surface area contributed by atoms with Crippen molar-refractivity contribution in [2.45, 2.75) is 30.3 Å². The van der Waals surface area contributed by atoms with Crippen molar-refractivity contribution in [1.29, 1.82) is 0 Å². The van der Waals surface area contributed by atoms with Crippen molar-refractivity contribution in [3.8, 4) is 5.75 Å². The first-order valence-electron chi connectivity index (χ1n) is 7.44. The van der Waals surface area contributed by atoms with Gasteiger partial charge in [0.2, 0.25) is 0 Å². The molecule has 2 aromatic carbocycles. The van der Waals surface area contributed by atoms with Gasteiger partial charge in [-0.15, -0.1) is 11.8 Å². The number of fused-ring (bicyclic) bond motifs is 1. The number of benzene rings is 2. The summed E-state index contributed by atoms with van der Waals surface area (Å²) >= 11 is 1.80. The zero-order chi connectivity index (χ0) is 14.5. The van der Waals surface area contributed by atoms with Crippen LogP contribution in [-0.4, -0.2) is 17.5 Å². The lowest BCUT2D eigenvalue weighted by Crippen LogP contribution is -2.09. The topological polar surface area (TPSA) is 29.5 Å². The third-order valence-corrected chi connectivity index (χ3v) is 4.74. The fourth-order valence-corrected chi connectivity index (χ4v) is 3.44. The van der Waals surface area contributed by atoms with Gasteiger partial charge in [-0.05, 0) is 54.7 Å². The Morgan fingerprint density at radius 1 is 1.14 bits per heavy atom. The van der Waals surface area contributed by atoms with Gasteiger partial charge in [-0.25, -0.2) is 0 Å². The Kier molecular flexibility index (Phi) is 4.84. The maximum atomic E-state index is 9.95. The molecule has 0 saturated heterocycles. The van der Waals surface area contributed by atoms with Gasteiger partial charge in [-0.1, -0.05) is 24.3 Å². The molecule has 1 N–H and O–H groups in total. The van der Waals surface area contributed by atoms with Gasteiger partial charge < -0.3 is 9.84 Å². The number of rotatable bonds is 5. The molecule has 1 aliphatic rings. The van der Waals surface area contributed by atoms with Crippen LogP contribution in [0.1, 0.15) is 30.1 Å². The highest BCUT2D eigenvalue weighted by Crippen LogP contribution is 2.32. The Morgan fingerprint density at radius 3 is 2.86 bits per heavy atom. The second-order valence-corrected chi connectivity index (χ2v) is 6.45. The Morgan fingerprint density at radius 2 is 2.00 bits per heavy atom. The minimum Gasteiger partial charge on any atom is -0.493 e. The summed E-state index contributed by atoms with van der Waals surface area (Å²) in [6, 6.07) is 16.4. The van der Waals surface area contributed by atoms with Crippen LogP contribution in [0.4, 0.5) is 0 Å². The third-order valence-electron chi connectivity index (χ3n) is 3.76. The van der Waals surface area contributed by atoms with E-state index < -0.39 is 0 Å². The standard InChI is InChI=1S/C18H20O2S/c19-18-8-4-5-14-13-15(9-10-17(14)18)20-11-12-21-16-6-2-1-3-7-16/h1-3,6-7,9-10,13,18-19H,4-5,8,11-12H2. The lowest BCUT2D eigenvalue weighted by Gasteiger charge is -2.21. The molecule has 0 radical (unpaired) electrons. The van der Waals surface area contributed by atoms with Crippen LogP contribution in [0.15, 0.2) is 53.4 Å². The molecule has 21 heavy (non-hydrogen) atoms. The molecule has 0 aromatic heterocycles. The average molecular weight is 300 g/mol. The molecular formula is C18H20O2S. The monoisotopic (exact) mass is 300 g/mol. The maximum absolute atomic E-state index is 9.95. The largest absolute Gasteiger partial charge is 0.493 e. The van der Waals surface area contributed by atoms with E-state index in [9.17, 15) is 5.11 Å². The summed E-state index contributed by atoms with van der Waals surface area (Å²) in [4.78, 5) is 1.27. The van der Waals surface area contributed by atoms with E-state index >= 15 is 0 Å². The Balaban J connectivity index is 1.52. The van der Waals surface area contributed by atoms with E-state index in [0.717, 1.165) is 36.3 Å². The Bertz CT molecular complexity index is 583. The highest BCUT2D eigenvalue weighted by Gasteiger charge is 2.17. The number of aliphatic hydroxyl groups is 1. The molecule has 1 aliphatic carbocycles. The summed E-state index contributed by atoms with van der Waals surface area (Å²) in [7, 11) is 0. The van der Waals surface area contributed by atoms with Crippen molar-refractivity contribution >= 4 is 11.8 Å². The number of hydrogen-bond donors (Lipinski definition) is 1. The molecule has 2 aromatic rings. The molecule has 0 bridgehead atoms. The van der Waals surface area contributed by atoms with Crippen molar-refractivity contribution in [3.63, 3.8) is 0 Å². The molecule has 0 saturated carbocycles. The van der Waals surface area contributed by atoms with Crippen LogP contribution in [0.3, 0.4) is 0 Å². The lowest BCUT2D eigenvalue weighted by atomic mass is 9.89. The summed E-state index contributed by atoms with van der Waals surface area (Å²) in [5.41, 5.74) is 2.31. The zero-order valence-corrected chi connectivity index (χ0v) is 12.8. The van der Waals surface area contributed by atoms with Crippen LogP contribution in [0.2, 0.25) is 0 Å². The normalized spacial score (nSPS) is 17.3. The van der Waals surface area contributed by atoms with E-state index in [0.29, 0.717) is 6.61 Å². The fraction of sp³-hybridized carbons (Fsp3) is 0.333. The average Bonchev–Trinajstić information content (AvgIpc) is 2.53. The SMILES string of the molecule is OC1CCCc2cc(OCCSc3ccccc3)ccc21. The Labute approximate surface area is 130 Å². The number of aryl methyl sites for hydroxylation is 1. The fourth-order valence-electron chi connectivity index (χ4n) is 2.69. The van der Waals surface area contributed by atoms with Crippen LogP contribution in [-0.2, 0) is 6.42 Å². The van der Waals surface area contributed by atoms with Gasteiger partial charge >= 0.3 is 0 Å². The Hall–Kier alpha value is -1.45. The van der Waals surface area contributed by atoms with Crippen LogP contribution in [0, 0.1) is 0 Å². The van der Waals surface area contributed by atoms with Gasteiger partial charge in [0.25, 0.3) is 0 Å². The van der Waals surface area contributed by atoms with Gasteiger partial charge in [0.05, 0.1) is 12.7 Å². The first-order valence-corrected chi connectivity index (χ1v) is 8.43. The molecule has 0 spiro atoms. The molecule has 0 fully saturated rings. The first-order chi connectivity index (χ1) is 10.3. The minimum absolute atomic E-state index is 0.295. The van der Waals surface area contributed by atoms with Crippen LogP contribution in [0.5, 0.6) is 5.75 Å². The summed E-state index contributed by atoms with van der Waals surface area (Å²) in [5, 5.41) is 9.95. The predicted octanol–water partition coefficient (Wildman–Crippen LogP) is 4.23. The first kappa shape index (κ1) is 14.5. The van der Waals surface area contributed by atoms with Gasteiger partial charge in [0, 0.05) is 10.6 Å². The highest BCUT2D eigenvalue weighted by molar-refractivity contribution is 7.99. The number of ether oxygens (including phenoxy) is 1. The number of thioether (sulfide) groups is 1. The van der Waals surface area contributed by atoms with Crippen molar-refractivity contribution in [2.75, 3.05) is 12.4 Å². The summed E-state index contributed by atoms with van der Waals surface area (Å²) in [6.07, 6.45) is 2.68. The smallest absolute Gasteiger partial charge is 0.119 e. The van der Waals surface area contributed by atoms with Crippen molar-refractivity contribution in [2.24, 2.45) is 0 Å². The van der Waals surface area contributed by atoms with E-state index in [1.165, 1.54) is 10.5 Å². The van der Waals surface area contributed by atoms with Crippen LogP contribution >= 0.6 is 11.8 Å². The molecule has 0 aliphatic heterocycles. The minimum atomic E-state index is -0.295. The molecule has 2 nitrogen and oxygen atoms in total. The van der Waals surface area contributed by atoms with Crippen LogP contribution in [0.25, 0.3) is 0 Å². The predicted molar refractivity (Wildman–Crippen MR) is 87.0 cm³/mol. The maximum Gasteiger partial charge on any atom is 0.119 e. The summed E-state index contributed by atoms with van der Waals surface area (Å²) < 4.78 is 5.83. The number of hydrogen-bond acceptors (Lipinski definition) is 3. The molecule has 1 atom stereocenters. The second kappa shape index (κ2) is 7.01. The van der Waals surface area contributed by atoms with Gasteiger partial charge in [0.15, 0.2) is 0 Å². The number of aliphatic hydroxyl groups excluding tert-OH is 1. The van der Waals surface area contributed by atoms with Gasteiger partial charge in [0.1, 0.15) is 5.75 Å². The van der Waals surface area contributed by atoms with E-state index in [1.807, 2.05) is 18.2 Å². The van der Waals surface area contributed by atoms with E-state index in [1.54, 1.807) is 11.8 Å². The van der Waals surface area contributed by atoms with Crippen LogP contribution < -0.4 is 4.74 Å². The molecule has 110 valence electrons. The quantitative estimate of drug-likeness (QED) is 0.662. The van der Waals surface area contributed by atoms with E-state index in [-0.39, 0.29) is 6.10 Å².